The Bertz CT molecular complexity index is 435. The first-order valence-electron chi connectivity index (χ1n) is 7.37. The summed E-state index contributed by atoms with van der Waals surface area (Å²) in [4.78, 5) is 2.36. The zero-order chi connectivity index (χ0) is 14.6. The molecule has 5 heteroatoms. The highest BCUT2D eigenvalue weighted by atomic mass is 35.5. The van der Waals surface area contributed by atoms with Crippen molar-refractivity contribution in [2.75, 3.05) is 26.2 Å². The fraction of sp³-hybridized carbons (Fsp3) is 0.625. The Morgan fingerprint density at radius 1 is 1.29 bits per heavy atom. The highest BCUT2D eigenvalue weighted by molar-refractivity contribution is 5.85. The first-order valence-corrected chi connectivity index (χ1v) is 7.37. The van der Waals surface area contributed by atoms with Crippen LogP contribution in [-0.2, 0) is 0 Å². The average molecular weight is 315 g/mol. The summed E-state index contributed by atoms with van der Waals surface area (Å²) in [5.74, 6) is 1.68. The Balaban J connectivity index is 0.00000220. The molecule has 1 unspecified atom stereocenters. The van der Waals surface area contributed by atoms with E-state index < -0.39 is 0 Å². The van der Waals surface area contributed by atoms with Gasteiger partial charge in [-0.3, -0.25) is 4.90 Å². The molecule has 0 radical (unpaired) electrons. The number of benzene rings is 1. The Morgan fingerprint density at radius 2 is 1.95 bits per heavy atom. The standard InChI is InChI=1S/C16H26N2O2.ClH/c1-4-9-18(12-16(2,3)17)10-13-11-19-14-7-5-6-8-15(14)20-13;/h5-8,13H,4,9-12,17H2,1-3H3;1H. The number of fused-ring (bicyclic) bond motifs is 1. The van der Waals surface area contributed by atoms with Crippen LogP contribution in [0.15, 0.2) is 24.3 Å². The summed E-state index contributed by atoms with van der Waals surface area (Å²) in [7, 11) is 0. The minimum Gasteiger partial charge on any atom is -0.486 e. The second kappa shape index (κ2) is 7.87. The second-order valence-electron chi connectivity index (χ2n) is 6.22. The summed E-state index contributed by atoms with van der Waals surface area (Å²) in [6.45, 7) is 9.64. The third kappa shape index (κ3) is 5.73. The van der Waals surface area contributed by atoms with Crippen LogP contribution in [0.25, 0.3) is 0 Å². The van der Waals surface area contributed by atoms with Crippen LogP contribution in [0.5, 0.6) is 11.5 Å². The summed E-state index contributed by atoms with van der Waals surface area (Å²) >= 11 is 0. The van der Waals surface area contributed by atoms with Gasteiger partial charge < -0.3 is 15.2 Å². The molecule has 1 aromatic rings. The van der Waals surface area contributed by atoms with Crippen LogP contribution in [0.3, 0.4) is 0 Å². The Kier molecular flexibility index (Phi) is 6.78. The highest BCUT2D eigenvalue weighted by Crippen LogP contribution is 2.31. The molecule has 1 aromatic carbocycles. The van der Waals surface area contributed by atoms with Crippen LogP contribution in [-0.4, -0.2) is 42.8 Å². The molecule has 120 valence electrons. The lowest BCUT2D eigenvalue weighted by atomic mass is 10.1. The molecule has 0 saturated heterocycles. The average Bonchev–Trinajstić information content (AvgIpc) is 2.37. The lowest BCUT2D eigenvalue weighted by Crippen LogP contribution is -2.49. The SMILES string of the molecule is CCCN(CC1COc2ccccc2O1)CC(C)(C)N.Cl. The number of para-hydroxylation sites is 2. The van der Waals surface area contributed by atoms with Gasteiger partial charge in [-0.2, -0.15) is 0 Å². The molecule has 0 bridgehead atoms. The molecule has 1 aliphatic heterocycles. The quantitative estimate of drug-likeness (QED) is 0.877. The van der Waals surface area contributed by atoms with Crippen molar-refractivity contribution in [3.8, 4) is 11.5 Å². The van der Waals surface area contributed by atoms with E-state index in [1.54, 1.807) is 0 Å². The van der Waals surface area contributed by atoms with Crippen LogP contribution in [0.1, 0.15) is 27.2 Å². The van der Waals surface area contributed by atoms with Crippen molar-refractivity contribution in [1.82, 2.24) is 4.90 Å². The maximum Gasteiger partial charge on any atom is 0.161 e. The summed E-state index contributed by atoms with van der Waals surface area (Å²) in [6, 6.07) is 7.83. The van der Waals surface area contributed by atoms with E-state index in [-0.39, 0.29) is 24.0 Å². The van der Waals surface area contributed by atoms with E-state index in [4.69, 9.17) is 15.2 Å². The lowest BCUT2D eigenvalue weighted by Gasteiger charge is -2.34. The van der Waals surface area contributed by atoms with Gasteiger partial charge in [0.25, 0.3) is 0 Å². The zero-order valence-corrected chi connectivity index (χ0v) is 14.0. The van der Waals surface area contributed by atoms with Gasteiger partial charge in [0.2, 0.25) is 0 Å². The molecule has 0 aliphatic carbocycles. The van der Waals surface area contributed by atoms with E-state index in [2.05, 4.69) is 25.7 Å². The highest BCUT2D eigenvalue weighted by Gasteiger charge is 2.25. The smallest absolute Gasteiger partial charge is 0.161 e. The van der Waals surface area contributed by atoms with Crippen LogP contribution in [0.4, 0.5) is 0 Å². The van der Waals surface area contributed by atoms with Crippen LogP contribution in [0.2, 0.25) is 0 Å². The first kappa shape index (κ1) is 18.1. The van der Waals surface area contributed by atoms with Crippen LogP contribution in [0, 0.1) is 0 Å². The lowest BCUT2D eigenvalue weighted by molar-refractivity contribution is 0.0537. The molecule has 1 atom stereocenters. The monoisotopic (exact) mass is 314 g/mol. The van der Waals surface area contributed by atoms with Gasteiger partial charge in [-0.15, -0.1) is 12.4 Å². The molecule has 1 heterocycles. The number of hydrogen-bond acceptors (Lipinski definition) is 4. The van der Waals surface area contributed by atoms with E-state index in [1.807, 2.05) is 24.3 Å². The second-order valence-corrected chi connectivity index (χ2v) is 6.22. The topological polar surface area (TPSA) is 47.7 Å². The third-order valence-corrected chi connectivity index (χ3v) is 3.20. The largest absolute Gasteiger partial charge is 0.486 e. The third-order valence-electron chi connectivity index (χ3n) is 3.20. The summed E-state index contributed by atoms with van der Waals surface area (Å²) in [5, 5.41) is 0. The maximum absolute atomic E-state index is 6.13. The number of halogens is 1. The molecule has 2 rings (SSSR count). The van der Waals surface area contributed by atoms with Crippen LogP contribution < -0.4 is 15.2 Å². The summed E-state index contributed by atoms with van der Waals surface area (Å²) in [5.41, 5.74) is 5.94. The van der Waals surface area contributed by atoms with E-state index in [1.165, 1.54) is 0 Å². The van der Waals surface area contributed by atoms with Crippen molar-refractivity contribution in [3.05, 3.63) is 24.3 Å². The normalized spacial score (nSPS) is 17.5. The van der Waals surface area contributed by atoms with Gasteiger partial charge >= 0.3 is 0 Å². The fourth-order valence-electron chi connectivity index (χ4n) is 2.57. The van der Waals surface area contributed by atoms with Gasteiger partial charge in [0, 0.05) is 18.6 Å². The molecule has 1 aliphatic rings. The number of nitrogens with zero attached hydrogens (tertiary/aromatic N) is 1. The minimum atomic E-state index is -0.192. The Morgan fingerprint density at radius 3 is 2.57 bits per heavy atom. The minimum absolute atomic E-state index is 0. The van der Waals surface area contributed by atoms with Crippen molar-refractivity contribution in [1.29, 1.82) is 0 Å². The van der Waals surface area contributed by atoms with Gasteiger partial charge in [-0.1, -0.05) is 19.1 Å². The van der Waals surface area contributed by atoms with Crippen molar-refractivity contribution < 1.29 is 9.47 Å². The van der Waals surface area contributed by atoms with Gasteiger partial charge in [0.1, 0.15) is 12.7 Å². The molecule has 4 nitrogen and oxygen atoms in total. The predicted octanol–water partition coefficient (Wildman–Crippen LogP) is 2.70. The van der Waals surface area contributed by atoms with Gasteiger partial charge in [0.05, 0.1) is 0 Å². The summed E-state index contributed by atoms with van der Waals surface area (Å²) < 4.78 is 11.8. The van der Waals surface area contributed by atoms with Crippen LogP contribution >= 0.6 is 12.4 Å². The van der Waals surface area contributed by atoms with Gasteiger partial charge in [0.15, 0.2) is 11.5 Å². The van der Waals surface area contributed by atoms with Crippen molar-refractivity contribution in [2.24, 2.45) is 5.73 Å². The number of nitrogens with two attached hydrogens (primary N) is 1. The molecule has 0 fully saturated rings. The molecule has 21 heavy (non-hydrogen) atoms. The zero-order valence-electron chi connectivity index (χ0n) is 13.2. The number of ether oxygens (including phenoxy) is 2. The van der Waals surface area contributed by atoms with Crippen molar-refractivity contribution in [3.63, 3.8) is 0 Å². The Labute approximate surface area is 134 Å². The van der Waals surface area contributed by atoms with Crippen molar-refractivity contribution in [2.45, 2.75) is 38.8 Å². The first-order chi connectivity index (χ1) is 9.48. The summed E-state index contributed by atoms with van der Waals surface area (Å²) in [6.07, 6.45) is 1.18. The maximum atomic E-state index is 6.13. The molecule has 0 amide bonds. The van der Waals surface area contributed by atoms with E-state index in [0.29, 0.717) is 6.61 Å². The van der Waals surface area contributed by atoms with Gasteiger partial charge in [-0.05, 0) is 38.9 Å². The van der Waals surface area contributed by atoms with E-state index in [9.17, 15) is 0 Å². The molecule has 0 spiro atoms. The molecular weight excluding hydrogens is 288 g/mol. The van der Waals surface area contributed by atoms with E-state index >= 15 is 0 Å². The molecular formula is C16H27ClN2O2. The number of hydrogen-bond donors (Lipinski definition) is 1. The van der Waals surface area contributed by atoms with Crippen molar-refractivity contribution >= 4 is 12.4 Å². The molecule has 2 N–H and O–H groups in total. The van der Waals surface area contributed by atoms with Gasteiger partial charge in [-0.25, -0.2) is 0 Å². The predicted molar refractivity (Wildman–Crippen MR) is 88.6 cm³/mol. The molecule has 0 aromatic heterocycles. The van der Waals surface area contributed by atoms with E-state index in [0.717, 1.165) is 37.6 Å². The number of rotatable bonds is 6. The Hall–Kier alpha value is -0.970. The molecule has 0 saturated carbocycles. The fourth-order valence-corrected chi connectivity index (χ4v) is 2.57.